The van der Waals surface area contributed by atoms with E-state index < -0.39 is 0 Å². The molecule has 1 unspecified atom stereocenters. The smallest absolute Gasteiger partial charge is 0.0660 e. The van der Waals surface area contributed by atoms with Crippen molar-refractivity contribution < 1.29 is 0 Å². The average molecular weight is 341 g/mol. The van der Waals surface area contributed by atoms with Crippen molar-refractivity contribution in [1.82, 2.24) is 10.2 Å². The Labute approximate surface area is 153 Å². The van der Waals surface area contributed by atoms with Gasteiger partial charge in [-0.05, 0) is 118 Å². The quantitative estimate of drug-likeness (QED) is 0.801. The van der Waals surface area contributed by atoms with Gasteiger partial charge in [0.15, 0.2) is 0 Å². The van der Waals surface area contributed by atoms with E-state index in [-0.39, 0.29) is 0 Å². The largest absolute Gasteiger partial charge is 0.300 e. The van der Waals surface area contributed by atoms with Crippen LogP contribution in [0.5, 0.6) is 0 Å². The summed E-state index contributed by atoms with van der Waals surface area (Å²) in [5.74, 6) is 6.53. The molecule has 1 atom stereocenters. The van der Waals surface area contributed by atoms with Gasteiger partial charge in [0.2, 0.25) is 0 Å². The lowest BCUT2D eigenvalue weighted by Gasteiger charge is -2.65. The lowest BCUT2D eigenvalue weighted by molar-refractivity contribution is -0.152. The molecule has 8 aliphatic carbocycles. The first-order valence-electron chi connectivity index (χ1n) is 11.7. The monoisotopic (exact) mass is 340 g/mol. The molecule has 2 nitrogen and oxygen atoms in total. The first kappa shape index (κ1) is 14.9. The number of hydrogen-bond acceptors (Lipinski definition) is 2. The predicted octanol–water partition coefficient (Wildman–Crippen LogP) is 4.40. The number of nitrogens with one attached hydrogen (secondary N) is 1. The molecule has 0 aromatic heterocycles. The number of rotatable bonds is 2. The van der Waals surface area contributed by atoms with Crippen LogP contribution in [0.15, 0.2) is 0 Å². The Hall–Kier alpha value is -0.0800. The van der Waals surface area contributed by atoms with Crippen molar-refractivity contribution in [1.29, 1.82) is 0 Å². The summed E-state index contributed by atoms with van der Waals surface area (Å²) in [4.78, 5) is 3.13. The zero-order valence-corrected chi connectivity index (χ0v) is 15.9. The van der Waals surface area contributed by atoms with Gasteiger partial charge in [0.1, 0.15) is 0 Å². The molecule has 0 aromatic rings. The summed E-state index contributed by atoms with van der Waals surface area (Å²) in [6.45, 7) is 2.63. The van der Waals surface area contributed by atoms with Crippen molar-refractivity contribution in [2.24, 2.45) is 40.9 Å². The molecule has 8 saturated carbocycles. The van der Waals surface area contributed by atoms with Gasteiger partial charge in [-0.25, -0.2) is 0 Å². The third-order valence-electron chi connectivity index (χ3n) is 10.3. The molecule has 0 radical (unpaired) electrons. The highest BCUT2D eigenvalue weighted by molar-refractivity contribution is 5.14. The molecule has 9 aliphatic rings. The van der Waals surface area contributed by atoms with Crippen molar-refractivity contribution in [3.63, 3.8) is 0 Å². The minimum Gasteiger partial charge on any atom is -0.300 e. The molecule has 1 saturated heterocycles. The molecule has 9 fully saturated rings. The molecule has 1 heterocycles. The van der Waals surface area contributed by atoms with Gasteiger partial charge in [-0.1, -0.05) is 0 Å². The summed E-state index contributed by atoms with van der Waals surface area (Å²) in [6, 6.07) is 0. The molecule has 1 aliphatic heterocycles. The van der Waals surface area contributed by atoms with Crippen LogP contribution in [0.1, 0.15) is 77.0 Å². The van der Waals surface area contributed by atoms with Crippen molar-refractivity contribution in [3.8, 4) is 0 Å². The second-order valence-electron chi connectivity index (χ2n) is 12.0. The third kappa shape index (κ3) is 1.99. The minimum absolute atomic E-state index is 0.617. The van der Waals surface area contributed by atoms with Gasteiger partial charge in [0, 0.05) is 18.6 Å². The first-order valence-corrected chi connectivity index (χ1v) is 11.7. The molecule has 0 spiro atoms. The molecule has 9 rings (SSSR count). The SMILES string of the molecule is C1CN(C23CC4CC(CC(C4)C2)C3)C(C23CC4CC(CC(C4)C2)C3)N1. The Morgan fingerprint density at radius 2 is 1.04 bits per heavy atom. The fourth-order valence-corrected chi connectivity index (χ4v) is 10.5. The van der Waals surface area contributed by atoms with Crippen LogP contribution >= 0.6 is 0 Å². The van der Waals surface area contributed by atoms with Gasteiger partial charge >= 0.3 is 0 Å². The van der Waals surface area contributed by atoms with Crippen LogP contribution < -0.4 is 5.32 Å². The molecular formula is C23H36N2. The summed E-state index contributed by atoms with van der Waals surface area (Å²) in [7, 11) is 0. The van der Waals surface area contributed by atoms with Crippen LogP contribution in [0.4, 0.5) is 0 Å². The Kier molecular flexibility index (Phi) is 2.89. The molecule has 1 N–H and O–H groups in total. The van der Waals surface area contributed by atoms with Gasteiger partial charge in [-0.15, -0.1) is 0 Å². The summed E-state index contributed by atoms with van der Waals surface area (Å²) in [5, 5.41) is 4.11. The van der Waals surface area contributed by atoms with Crippen LogP contribution in [0, 0.1) is 40.9 Å². The Morgan fingerprint density at radius 3 is 1.52 bits per heavy atom. The maximum Gasteiger partial charge on any atom is 0.0660 e. The summed E-state index contributed by atoms with van der Waals surface area (Å²) in [5.41, 5.74) is 1.28. The zero-order chi connectivity index (χ0) is 16.2. The highest BCUT2D eigenvalue weighted by atomic mass is 15.4. The lowest BCUT2D eigenvalue weighted by Crippen LogP contribution is -2.67. The Bertz CT molecular complexity index is 460. The van der Waals surface area contributed by atoms with Crippen LogP contribution in [-0.2, 0) is 0 Å². The van der Waals surface area contributed by atoms with E-state index in [0.29, 0.717) is 11.0 Å². The molecule has 0 amide bonds. The maximum atomic E-state index is 4.11. The fourth-order valence-electron chi connectivity index (χ4n) is 10.5. The van der Waals surface area contributed by atoms with E-state index >= 15 is 0 Å². The van der Waals surface area contributed by atoms with E-state index in [2.05, 4.69) is 10.2 Å². The van der Waals surface area contributed by atoms with E-state index in [1.807, 2.05) is 0 Å². The molecular weight excluding hydrogens is 304 g/mol. The van der Waals surface area contributed by atoms with Crippen molar-refractivity contribution in [3.05, 3.63) is 0 Å². The second-order valence-corrected chi connectivity index (χ2v) is 12.0. The van der Waals surface area contributed by atoms with E-state index in [1.165, 1.54) is 13.1 Å². The fraction of sp³-hybridized carbons (Fsp3) is 1.00. The lowest BCUT2D eigenvalue weighted by atomic mass is 9.48. The molecule has 138 valence electrons. The standard InChI is InChI=1S/C23H36N2/c1-2-25(23-12-18-6-19(13-23)8-20(7-18)14-23)21(24-1)22-9-15-3-16(10-22)5-17(4-15)11-22/h15-21,24H,1-14H2. The summed E-state index contributed by atoms with van der Waals surface area (Å²) >= 11 is 0. The van der Waals surface area contributed by atoms with E-state index in [4.69, 9.17) is 0 Å². The Balaban J connectivity index is 1.24. The van der Waals surface area contributed by atoms with Crippen molar-refractivity contribution in [2.75, 3.05) is 13.1 Å². The molecule has 0 aromatic carbocycles. The normalized spacial score (nSPS) is 62.2. The van der Waals surface area contributed by atoms with Crippen LogP contribution in [0.3, 0.4) is 0 Å². The van der Waals surface area contributed by atoms with Gasteiger partial charge in [0.25, 0.3) is 0 Å². The predicted molar refractivity (Wildman–Crippen MR) is 100 cm³/mol. The highest BCUT2D eigenvalue weighted by Crippen LogP contribution is 2.64. The number of hydrogen-bond donors (Lipinski definition) is 1. The summed E-state index contributed by atoms with van der Waals surface area (Å²) in [6.07, 6.45) is 19.6. The highest BCUT2D eigenvalue weighted by Gasteiger charge is 2.61. The van der Waals surface area contributed by atoms with Gasteiger partial charge in [-0.2, -0.15) is 0 Å². The van der Waals surface area contributed by atoms with Gasteiger partial charge in [-0.3, -0.25) is 10.2 Å². The van der Waals surface area contributed by atoms with Crippen LogP contribution in [0.25, 0.3) is 0 Å². The van der Waals surface area contributed by atoms with E-state index in [0.717, 1.165) is 41.7 Å². The van der Waals surface area contributed by atoms with Gasteiger partial charge < -0.3 is 0 Å². The first-order chi connectivity index (χ1) is 12.2. The van der Waals surface area contributed by atoms with Crippen molar-refractivity contribution >= 4 is 0 Å². The topological polar surface area (TPSA) is 15.3 Å². The van der Waals surface area contributed by atoms with Crippen LogP contribution in [-0.4, -0.2) is 29.7 Å². The minimum atomic E-state index is 0.617. The van der Waals surface area contributed by atoms with Gasteiger partial charge in [0.05, 0.1) is 6.17 Å². The van der Waals surface area contributed by atoms with E-state index in [1.54, 1.807) is 77.0 Å². The maximum absolute atomic E-state index is 4.11. The third-order valence-corrected chi connectivity index (χ3v) is 10.3. The average Bonchev–Trinajstić information content (AvgIpc) is 3.03. The van der Waals surface area contributed by atoms with E-state index in [9.17, 15) is 0 Å². The number of nitrogens with zero attached hydrogens (tertiary/aromatic N) is 1. The van der Waals surface area contributed by atoms with Crippen molar-refractivity contribution in [2.45, 2.75) is 88.8 Å². The molecule has 25 heavy (non-hydrogen) atoms. The summed E-state index contributed by atoms with van der Waals surface area (Å²) < 4.78 is 0. The Morgan fingerprint density at radius 1 is 0.600 bits per heavy atom. The zero-order valence-electron chi connectivity index (χ0n) is 15.9. The molecule has 2 heteroatoms. The second kappa shape index (κ2) is 4.85. The van der Waals surface area contributed by atoms with Crippen LogP contribution in [0.2, 0.25) is 0 Å². The molecule has 8 bridgehead atoms.